The Bertz CT molecular complexity index is 955. The first-order valence-electron chi connectivity index (χ1n) is 8.18. The standard InChI is InChI=1S/C20H14N2O2/c21-10-13-7-8-16(15-4-2-1-3-14(13)15)22-19(23)17-11-5-6-12(9-11)18(17)20(22)24/h1-8,11-12,17-18H,9H2/t11-,12+,17-,18+. The molecule has 1 aliphatic heterocycles. The number of nitrogens with zero attached hydrogens (tertiary/aromatic N) is 2. The van der Waals surface area contributed by atoms with Gasteiger partial charge in [-0.2, -0.15) is 5.26 Å². The largest absolute Gasteiger partial charge is 0.274 e. The van der Waals surface area contributed by atoms with Gasteiger partial charge in [-0.25, -0.2) is 4.90 Å². The van der Waals surface area contributed by atoms with Gasteiger partial charge in [0, 0.05) is 10.8 Å². The summed E-state index contributed by atoms with van der Waals surface area (Å²) >= 11 is 0. The lowest BCUT2D eigenvalue weighted by atomic mass is 9.85. The van der Waals surface area contributed by atoms with Crippen molar-refractivity contribution in [3.8, 4) is 6.07 Å². The third kappa shape index (κ3) is 1.52. The van der Waals surface area contributed by atoms with Crippen molar-refractivity contribution >= 4 is 28.3 Å². The first-order valence-corrected chi connectivity index (χ1v) is 8.18. The molecule has 0 N–H and O–H groups in total. The van der Waals surface area contributed by atoms with Gasteiger partial charge in [0.2, 0.25) is 11.8 Å². The van der Waals surface area contributed by atoms with Gasteiger partial charge in [-0.15, -0.1) is 0 Å². The Morgan fingerprint density at radius 2 is 1.54 bits per heavy atom. The molecule has 2 aliphatic carbocycles. The van der Waals surface area contributed by atoms with E-state index in [4.69, 9.17) is 0 Å². The lowest BCUT2D eigenvalue weighted by molar-refractivity contribution is -0.123. The molecule has 0 radical (unpaired) electrons. The summed E-state index contributed by atoms with van der Waals surface area (Å²) in [7, 11) is 0. The number of nitriles is 1. The minimum Gasteiger partial charge on any atom is -0.274 e. The highest BCUT2D eigenvalue weighted by Gasteiger charge is 2.59. The molecule has 4 atom stereocenters. The van der Waals surface area contributed by atoms with Gasteiger partial charge in [0.1, 0.15) is 0 Å². The monoisotopic (exact) mass is 314 g/mol. The van der Waals surface area contributed by atoms with Crippen LogP contribution in [0.3, 0.4) is 0 Å². The quantitative estimate of drug-likeness (QED) is 0.600. The molecule has 2 aromatic rings. The molecule has 4 nitrogen and oxygen atoms in total. The number of anilines is 1. The Morgan fingerprint density at radius 1 is 0.917 bits per heavy atom. The van der Waals surface area contributed by atoms with Crippen LogP contribution in [0, 0.1) is 35.0 Å². The van der Waals surface area contributed by atoms with Crippen molar-refractivity contribution in [3.05, 3.63) is 54.1 Å². The maximum Gasteiger partial charge on any atom is 0.238 e. The second kappa shape index (κ2) is 4.55. The van der Waals surface area contributed by atoms with Crippen molar-refractivity contribution in [3.63, 3.8) is 0 Å². The second-order valence-corrected chi connectivity index (χ2v) is 6.80. The van der Waals surface area contributed by atoms with E-state index in [1.807, 2.05) is 24.3 Å². The number of benzene rings is 2. The summed E-state index contributed by atoms with van der Waals surface area (Å²) in [6.07, 6.45) is 5.11. The van der Waals surface area contributed by atoms with Crippen molar-refractivity contribution in [2.24, 2.45) is 23.7 Å². The summed E-state index contributed by atoms with van der Waals surface area (Å²) in [4.78, 5) is 27.4. The minimum absolute atomic E-state index is 0.0864. The number of allylic oxidation sites excluding steroid dienone is 2. The van der Waals surface area contributed by atoms with E-state index >= 15 is 0 Å². The van der Waals surface area contributed by atoms with Crippen LogP contribution in [0.2, 0.25) is 0 Å². The summed E-state index contributed by atoms with van der Waals surface area (Å²) < 4.78 is 0. The molecule has 5 rings (SSSR count). The van der Waals surface area contributed by atoms with Crippen LogP contribution >= 0.6 is 0 Å². The van der Waals surface area contributed by atoms with E-state index in [2.05, 4.69) is 18.2 Å². The van der Waals surface area contributed by atoms with Gasteiger partial charge in [-0.3, -0.25) is 9.59 Å². The van der Waals surface area contributed by atoms with Gasteiger partial charge in [0.15, 0.2) is 0 Å². The molecule has 2 aromatic carbocycles. The van der Waals surface area contributed by atoms with Gasteiger partial charge in [0.25, 0.3) is 0 Å². The van der Waals surface area contributed by atoms with Gasteiger partial charge in [-0.1, -0.05) is 36.4 Å². The fourth-order valence-corrected chi connectivity index (χ4v) is 4.72. The second-order valence-electron chi connectivity index (χ2n) is 6.80. The van der Waals surface area contributed by atoms with E-state index in [9.17, 15) is 14.9 Å². The summed E-state index contributed by atoms with van der Waals surface area (Å²) in [6, 6.07) is 13.0. The Morgan fingerprint density at radius 3 is 2.17 bits per heavy atom. The minimum atomic E-state index is -0.207. The summed E-state index contributed by atoms with van der Waals surface area (Å²) in [5, 5.41) is 10.8. The van der Waals surface area contributed by atoms with Gasteiger partial charge in [0.05, 0.1) is 29.2 Å². The van der Waals surface area contributed by atoms with Crippen molar-refractivity contribution in [1.82, 2.24) is 0 Å². The number of hydrogen-bond donors (Lipinski definition) is 0. The predicted octanol–water partition coefficient (Wildman–Crippen LogP) is 3.02. The fraction of sp³-hybridized carbons (Fsp3) is 0.250. The molecule has 1 heterocycles. The maximum absolute atomic E-state index is 13.0. The smallest absolute Gasteiger partial charge is 0.238 e. The van der Waals surface area contributed by atoms with E-state index < -0.39 is 0 Å². The van der Waals surface area contributed by atoms with Crippen LogP contribution < -0.4 is 4.90 Å². The molecule has 3 aliphatic rings. The highest BCUT2D eigenvalue weighted by molar-refractivity contribution is 6.25. The van der Waals surface area contributed by atoms with Gasteiger partial charge >= 0.3 is 0 Å². The third-order valence-electron chi connectivity index (χ3n) is 5.73. The van der Waals surface area contributed by atoms with Crippen molar-refractivity contribution in [2.75, 3.05) is 4.90 Å². The molecule has 24 heavy (non-hydrogen) atoms. The molecular formula is C20H14N2O2. The fourth-order valence-electron chi connectivity index (χ4n) is 4.72. The molecule has 0 unspecified atom stereocenters. The molecule has 2 fully saturated rings. The molecule has 2 amide bonds. The highest BCUT2D eigenvalue weighted by atomic mass is 16.2. The topological polar surface area (TPSA) is 61.2 Å². The van der Waals surface area contributed by atoms with Crippen LogP contribution in [-0.2, 0) is 9.59 Å². The summed E-state index contributed by atoms with van der Waals surface area (Å²) in [5.74, 6) is -0.186. The highest BCUT2D eigenvalue weighted by Crippen LogP contribution is 2.53. The van der Waals surface area contributed by atoms with Gasteiger partial charge < -0.3 is 0 Å². The number of amides is 2. The van der Waals surface area contributed by atoms with Crippen molar-refractivity contribution < 1.29 is 9.59 Å². The molecule has 2 bridgehead atoms. The van der Waals surface area contributed by atoms with Crippen molar-refractivity contribution in [2.45, 2.75) is 6.42 Å². The summed E-state index contributed by atoms with van der Waals surface area (Å²) in [6.45, 7) is 0. The lowest BCUT2D eigenvalue weighted by Crippen LogP contribution is -2.33. The van der Waals surface area contributed by atoms with E-state index in [0.717, 1.165) is 17.2 Å². The van der Waals surface area contributed by atoms with Crippen LogP contribution in [0.1, 0.15) is 12.0 Å². The van der Waals surface area contributed by atoms with Crippen LogP contribution in [0.15, 0.2) is 48.6 Å². The molecule has 1 saturated carbocycles. The third-order valence-corrected chi connectivity index (χ3v) is 5.73. The predicted molar refractivity (Wildman–Crippen MR) is 88.9 cm³/mol. The molecule has 4 heteroatoms. The molecule has 116 valence electrons. The number of carbonyl (C=O) groups excluding carboxylic acids is 2. The van der Waals surface area contributed by atoms with Gasteiger partial charge in [-0.05, 0) is 30.4 Å². The van der Waals surface area contributed by atoms with Crippen LogP contribution in [0.5, 0.6) is 0 Å². The zero-order valence-corrected chi connectivity index (χ0v) is 12.8. The summed E-state index contributed by atoms with van der Waals surface area (Å²) in [5.41, 5.74) is 1.16. The SMILES string of the molecule is N#Cc1ccc(N2C(=O)[C@@H]3[C@H](C2=O)[C@@H]2C=C[C@H]3C2)c2ccccc12. The zero-order chi connectivity index (χ0) is 16.4. The number of hydrogen-bond acceptors (Lipinski definition) is 3. The maximum atomic E-state index is 13.0. The average molecular weight is 314 g/mol. The lowest BCUT2D eigenvalue weighted by Gasteiger charge is -2.19. The average Bonchev–Trinajstić information content (AvgIpc) is 3.28. The number of rotatable bonds is 1. The normalized spacial score (nSPS) is 30.2. The van der Waals surface area contributed by atoms with Crippen molar-refractivity contribution in [1.29, 1.82) is 5.26 Å². The molecular weight excluding hydrogens is 300 g/mol. The molecule has 0 aromatic heterocycles. The van der Waals surface area contributed by atoms with Crippen LogP contribution in [0.25, 0.3) is 10.8 Å². The van der Waals surface area contributed by atoms with E-state index in [-0.39, 0.29) is 35.5 Å². The molecule has 1 saturated heterocycles. The number of carbonyl (C=O) groups is 2. The Hall–Kier alpha value is -2.93. The van der Waals surface area contributed by atoms with E-state index in [1.54, 1.807) is 12.1 Å². The number of imide groups is 1. The Balaban J connectivity index is 1.69. The Labute approximate surface area is 139 Å². The van der Waals surface area contributed by atoms with E-state index in [1.165, 1.54) is 4.90 Å². The zero-order valence-electron chi connectivity index (χ0n) is 12.8. The van der Waals surface area contributed by atoms with Crippen LogP contribution in [0.4, 0.5) is 5.69 Å². The van der Waals surface area contributed by atoms with E-state index in [0.29, 0.717) is 11.3 Å². The number of fused-ring (bicyclic) bond motifs is 6. The molecule has 0 spiro atoms. The van der Waals surface area contributed by atoms with Crippen LogP contribution in [-0.4, -0.2) is 11.8 Å². The Kier molecular flexibility index (Phi) is 2.56. The first kappa shape index (κ1) is 13.5. The first-order chi connectivity index (χ1) is 11.7.